The van der Waals surface area contributed by atoms with Crippen molar-refractivity contribution in [1.82, 2.24) is 15.7 Å². The van der Waals surface area contributed by atoms with E-state index in [1.807, 2.05) is 0 Å². The maximum atomic E-state index is 12.0. The van der Waals surface area contributed by atoms with Gasteiger partial charge in [-0.2, -0.15) is 0 Å². The normalized spacial score (nSPS) is 10.0. The second-order valence-corrected chi connectivity index (χ2v) is 5.00. The molecule has 2 aromatic rings. The fourth-order valence-electron chi connectivity index (χ4n) is 2.11. The molecule has 2 rings (SSSR count). The zero-order valence-electron chi connectivity index (χ0n) is 13.0. The Morgan fingerprint density at radius 2 is 1.96 bits per heavy atom. The second-order valence-electron chi connectivity index (χ2n) is 4.62. The van der Waals surface area contributed by atoms with Gasteiger partial charge in [-0.05, 0) is 18.2 Å². The SMILES string of the molecule is CNC(=O)c1cnc(Cl)cc1Nc1cccc(C(=O)NN)c1OC. The number of anilines is 2. The highest BCUT2D eigenvalue weighted by Gasteiger charge is 2.17. The van der Waals surface area contributed by atoms with Crippen molar-refractivity contribution in [2.24, 2.45) is 5.84 Å². The van der Waals surface area contributed by atoms with Gasteiger partial charge in [0.25, 0.3) is 11.8 Å². The molecule has 0 aliphatic heterocycles. The van der Waals surface area contributed by atoms with Gasteiger partial charge in [0, 0.05) is 13.2 Å². The van der Waals surface area contributed by atoms with E-state index in [0.29, 0.717) is 11.4 Å². The lowest BCUT2D eigenvalue weighted by Gasteiger charge is -2.16. The van der Waals surface area contributed by atoms with E-state index < -0.39 is 5.91 Å². The molecule has 1 aromatic carbocycles. The van der Waals surface area contributed by atoms with Gasteiger partial charge in [0.1, 0.15) is 5.15 Å². The molecule has 0 saturated carbocycles. The molecule has 1 aromatic heterocycles. The third kappa shape index (κ3) is 3.55. The fraction of sp³-hybridized carbons (Fsp3) is 0.133. The van der Waals surface area contributed by atoms with E-state index in [9.17, 15) is 9.59 Å². The number of ether oxygens (including phenoxy) is 1. The Hall–Kier alpha value is -2.84. The lowest BCUT2D eigenvalue weighted by atomic mass is 10.1. The third-order valence-corrected chi connectivity index (χ3v) is 3.41. The number of aromatic nitrogens is 1. The highest BCUT2D eigenvalue weighted by molar-refractivity contribution is 6.29. The van der Waals surface area contributed by atoms with Crippen molar-refractivity contribution < 1.29 is 14.3 Å². The number of carbonyl (C=O) groups is 2. The average Bonchev–Trinajstić information content (AvgIpc) is 2.60. The van der Waals surface area contributed by atoms with Crippen molar-refractivity contribution in [3.8, 4) is 5.75 Å². The van der Waals surface area contributed by atoms with E-state index in [-0.39, 0.29) is 27.9 Å². The van der Waals surface area contributed by atoms with Crippen LogP contribution < -0.4 is 26.6 Å². The van der Waals surface area contributed by atoms with Gasteiger partial charge >= 0.3 is 0 Å². The monoisotopic (exact) mass is 349 g/mol. The molecule has 8 nitrogen and oxygen atoms in total. The summed E-state index contributed by atoms with van der Waals surface area (Å²) < 4.78 is 5.30. The van der Waals surface area contributed by atoms with Crippen molar-refractivity contribution in [1.29, 1.82) is 0 Å². The highest BCUT2D eigenvalue weighted by atomic mass is 35.5. The standard InChI is InChI=1S/C15H16ClN5O3/c1-18-14(22)9-7-19-12(16)6-11(9)20-10-5-3-4-8(13(10)24-2)15(23)21-17/h3-7H,17H2,1-2H3,(H,18,22)(H,19,20)(H,21,23). The van der Waals surface area contributed by atoms with Crippen LogP contribution >= 0.6 is 11.6 Å². The molecule has 0 fully saturated rings. The van der Waals surface area contributed by atoms with E-state index in [1.54, 1.807) is 18.2 Å². The molecule has 0 unspecified atom stereocenters. The van der Waals surface area contributed by atoms with E-state index in [2.05, 4.69) is 21.0 Å². The van der Waals surface area contributed by atoms with Crippen LogP contribution in [-0.4, -0.2) is 31.0 Å². The maximum absolute atomic E-state index is 12.0. The summed E-state index contributed by atoms with van der Waals surface area (Å²) >= 11 is 5.91. The number of nitrogens with one attached hydrogen (secondary N) is 3. The minimum atomic E-state index is -0.505. The van der Waals surface area contributed by atoms with Crippen LogP contribution in [0.5, 0.6) is 5.75 Å². The summed E-state index contributed by atoms with van der Waals surface area (Å²) in [6.07, 6.45) is 1.35. The van der Waals surface area contributed by atoms with Crippen LogP contribution in [0.4, 0.5) is 11.4 Å². The number of para-hydroxylation sites is 1. The Morgan fingerprint density at radius 1 is 1.21 bits per heavy atom. The molecule has 9 heteroatoms. The number of pyridine rings is 1. The molecule has 2 amide bonds. The van der Waals surface area contributed by atoms with E-state index >= 15 is 0 Å². The smallest absolute Gasteiger partial charge is 0.269 e. The van der Waals surface area contributed by atoms with Gasteiger partial charge in [-0.15, -0.1) is 0 Å². The molecule has 0 aliphatic rings. The fourth-order valence-corrected chi connectivity index (χ4v) is 2.26. The van der Waals surface area contributed by atoms with Gasteiger partial charge in [0.2, 0.25) is 0 Å². The quantitative estimate of drug-likeness (QED) is 0.281. The van der Waals surface area contributed by atoms with Gasteiger partial charge < -0.3 is 15.4 Å². The first-order chi connectivity index (χ1) is 11.5. The van der Waals surface area contributed by atoms with Crippen LogP contribution in [0.3, 0.4) is 0 Å². The summed E-state index contributed by atoms with van der Waals surface area (Å²) in [6.45, 7) is 0. The number of nitrogens with two attached hydrogens (primary N) is 1. The van der Waals surface area contributed by atoms with Crippen molar-refractivity contribution in [2.45, 2.75) is 0 Å². The predicted octanol–water partition coefficient (Wildman–Crippen LogP) is 1.45. The first kappa shape index (κ1) is 17.5. The summed E-state index contributed by atoms with van der Waals surface area (Å²) in [7, 11) is 2.93. The first-order valence-electron chi connectivity index (χ1n) is 6.84. The lowest BCUT2D eigenvalue weighted by molar-refractivity contribution is 0.0946. The molecular weight excluding hydrogens is 334 g/mol. The number of halogens is 1. The molecule has 5 N–H and O–H groups in total. The number of rotatable bonds is 5. The number of nitrogens with zero attached hydrogens (tertiary/aromatic N) is 1. The number of amides is 2. The Kier molecular flexibility index (Phi) is 5.56. The number of hydrogen-bond acceptors (Lipinski definition) is 6. The largest absolute Gasteiger partial charge is 0.494 e. The van der Waals surface area contributed by atoms with Gasteiger partial charge in [-0.1, -0.05) is 17.7 Å². The third-order valence-electron chi connectivity index (χ3n) is 3.21. The van der Waals surface area contributed by atoms with Gasteiger partial charge in [0.05, 0.1) is 29.6 Å². The maximum Gasteiger partial charge on any atom is 0.269 e. The highest BCUT2D eigenvalue weighted by Crippen LogP contribution is 2.32. The van der Waals surface area contributed by atoms with Gasteiger partial charge in [-0.3, -0.25) is 15.0 Å². The number of hydrazine groups is 1. The molecule has 1 heterocycles. The Labute approximate surface area is 143 Å². The van der Waals surface area contributed by atoms with Crippen LogP contribution in [0.15, 0.2) is 30.5 Å². The topological polar surface area (TPSA) is 118 Å². The number of hydrogen-bond donors (Lipinski definition) is 4. The summed E-state index contributed by atoms with van der Waals surface area (Å²) in [6, 6.07) is 6.40. The van der Waals surface area contributed by atoms with Crippen LogP contribution in [0.2, 0.25) is 5.15 Å². The Bertz CT molecular complexity index is 782. The lowest BCUT2D eigenvalue weighted by Crippen LogP contribution is -2.30. The molecule has 0 atom stereocenters. The summed E-state index contributed by atoms with van der Waals surface area (Å²) in [5, 5.41) is 5.77. The zero-order valence-corrected chi connectivity index (χ0v) is 13.8. The molecule has 0 radical (unpaired) electrons. The molecule has 0 aliphatic carbocycles. The second kappa shape index (κ2) is 7.62. The average molecular weight is 350 g/mol. The van der Waals surface area contributed by atoms with E-state index in [4.69, 9.17) is 22.2 Å². The van der Waals surface area contributed by atoms with Gasteiger partial charge in [-0.25, -0.2) is 10.8 Å². The molecule has 0 bridgehead atoms. The van der Waals surface area contributed by atoms with Gasteiger partial charge in [0.15, 0.2) is 5.75 Å². The van der Waals surface area contributed by atoms with Crippen molar-refractivity contribution in [2.75, 3.05) is 19.5 Å². The van der Waals surface area contributed by atoms with Crippen LogP contribution in [0.1, 0.15) is 20.7 Å². The molecule has 126 valence electrons. The molecule has 0 spiro atoms. The summed E-state index contributed by atoms with van der Waals surface area (Å²) in [5.41, 5.74) is 3.46. The zero-order chi connectivity index (χ0) is 17.7. The number of methoxy groups -OCH3 is 1. The summed E-state index contributed by atoms with van der Waals surface area (Å²) in [5.74, 6) is 4.61. The van der Waals surface area contributed by atoms with Crippen molar-refractivity contribution >= 4 is 34.8 Å². The summed E-state index contributed by atoms with van der Waals surface area (Å²) in [4.78, 5) is 27.7. The number of nitrogen functional groups attached to an aromatic ring is 1. The van der Waals surface area contributed by atoms with Crippen LogP contribution in [-0.2, 0) is 0 Å². The minimum Gasteiger partial charge on any atom is -0.494 e. The minimum absolute atomic E-state index is 0.208. The Morgan fingerprint density at radius 3 is 2.58 bits per heavy atom. The number of benzene rings is 1. The molecule has 24 heavy (non-hydrogen) atoms. The van der Waals surface area contributed by atoms with Crippen LogP contribution in [0, 0.1) is 0 Å². The van der Waals surface area contributed by atoms with Crippen molar-refractivity contribution in [3.63, 3.8) is 0 Å². The van der Waals surface area contributed by atoms with Crippen LogP contribution in [0.25, 0.3) is 0 Å². The van der Waals surface area contributed by atoms with E-state index in [1.165, 1.54) is 26.4 Å². The van der Waals surface area contributed by atoms with E-state index in [0.717, 1.165) is 0 Å². The van der Waals surface area contributed by atoms with Crippen molar-refractivity contribution in [3.05, 3.63) is 46.7 Å². The molecular formula is C15H16ClN5O3. The Balaban J connectivity index is 2.51. The number of carbonyl (C=O) groups excluding carboxylic acids is 2. The first-order valence-corrected chi connectivity index (χ1v) is 7.22. The molecule has 0 saturated heterocycles. The predicted molar refractivity (Wildman–Crippen MR) is 90.6 cm³/mol.